The van der Waals surface area contributed by atoms with Gasteiger partial charge >= 0.3 is 0 Å². The number of allylic oxidation sites excluding steroid dienone is 4. The van der Waals surface area contributed by atoms with Gasteiger partial charge in [-0.25, -0.2) is 9.97 Å². The van der Waals surface area contributed by atoms with Gasteiger partial charge in [-0.15, -0.1) is 0 Å². The molecule has 0 unspecified atom stereocenters. The number of likely N-dealkylation sites (N-methyl/N-ethyl adjacent to an activating group) is 1. The monoisotopic (exact) mass is 576 g/mol. The van der Waals surface area contributed by atoms with E-state index in [1.165, 1.54) is 11.3 Å². The Morgan fingerprint density at radius 1 is 1.02 bits per heavy atom. The van der Waals surface area contributed by atoms with Gasteiger partial charge in [0.25, 0.3) is 0 Å². The number of piperazine rings is 1. The second-order valence-corrected chi connectivity index (χ2v) is 10.8. The lowest BCUT2D eigenvalue weighted by Gasteiger charge is -2.36. The molecule has 4 heterocycles. The maximum Gasteiger partial charge on any atom is 0.229 e. The number of aromatic nitrogens is 3. The Hall–Kier alpha value is -3.27. The van der Waals surface area contributed by atoms with E-state index in [0.29, 0.717) is 19.1 Å². The minimum atomic E-state index is -0.233. The van der Waals surface area contributed by atoms with Crippen molar-refractivity contribution in [1.29, 1.82) is 0 Å². The molecule has 2 aliphatic heterocycles. The van der Waals surface area contributed by atoms with Crippen molar-refractivity contribution in [2.75, 3.05) is 70.8 Å². The highest BCUT2D eigenvalue weighted by molar-refractivity contribution is 5.68. The summed E-state index contributed by atoms with van der Waals surface area (Å²) in [5.41, 5.74) is 5.43. The lowest BCUT2D eigenvalue weighted by Crippen LogP contribution is -2.44. The predicted molar refractivity (Wildman–Crippen MR) is 175 cm³/mol. The quantitative estimate of drug-likeness (QED) is 0.425. The van der Waals surface area contributed by atoms with Gasteiger partial charge in [-0.1, -0.05) is 52.8 Å². The van der Waals surface area contributed by atoms with Gasteiger partial charge in [0.05, 0.1) is 12.3 Å². The topological polar surface area (TPSA) is 81.7 Å². The normalized spacial score (nSPS) is 20.2. The molecule has 42 heavy (non-hydrogen) atoms. The van der Waals surface area contributed by atoms with Gasteiger partial charge < -0.3 is 30.1 Å². The van der Waals surface area contributed by atoms with Crippen LogP contribution < -0.4 is 15.5 Å². The Balaban J connectivity index is 0.00000116. The van der Waals surface area contributed by atoms with E-state index in [-0.39, 0.29) is 5.41 Å². The fourth-order valence-corrected chi connectivity index (χ4v) is 5.57. The molecule has 230 valence electrons. The summed E-state index contributed by atoms with van der Waals surface area (Å²) in [4.78, 5) is 21.7. The molecule has 1 atom stereocenters. The summed E-state index contributed by atoms with van der Waals surface area (Å²) in [5.74, 6) is 2.34. The highest BCUT2D eigenvalue weighted by Crippen LogP contribution is 2.43. The van der Waals surface area contributed by atoms with Gasteiger partial charge in [-0.3, -0.25) is 0 Å². The molecule has 0 bridgehead atoms. The van der Waals surface area contributed by atoms with E-state index in [4.69, 9.17) is 19.7 Å². The van der Waals surface area contributed by atoms with Gasteiger partial charge in [-0.2, -0.15) is 4.98 Å². The van der Waals surface area contributed by atoms with Crippen LogP contribution in [0.3, 0.4) is 0 Å². The SMILES string of the molecule is CC.CC.CNCc1cccc(N2C[C@@](C)(COC)c3cnc(NC4=CCC=C(N5CCN(C)CC5)C(C)=C4)nc32)n1. The number of hydrogen-bond donors (Lipinski definition) is 2. The zero-order valence-corrected chi connectivity index (χ0v) is 27.3. The largest absolute Gasteiger partial charge is 0.384 e. The fourth-order valence-electron chi connectivity index (χ4n) is 5.57. The molecule has 9 nitrogen and oxygen atoms in total. The third kappa shape index (κ3) is 7.76. The van der Waals surface area contributed by atoms with Gasteiger partial charge in [0.1, 0.15) is 11.6 Å². The van der Waals surface area contributed by atoms with Crippen LogP contribution in [0.1, 0.15) is 59.2 Å². The molecule has 2 aromatic heterocycles. The van der Waals surface area contributed by atoms with Crippen molar-refractivity contribution in [3.8, 4) is 0 Å². The van der Waals surface area contributed by atoms with Gasteiger partial charge in [0, 0.05) is 74.9 Å². The molecule has 2 aromatic rings. The molecule has 5 rings (SSSR count). The summed E-state index contributed by atoms with van der Waals surface area (Å²) in [5, 5.41) is 6.68. The molecule has 0 aromatic carbocycles. The Bertz CT molecular complexity index is 1250. The average molecular weight is 577 g/mol. The first-order valence-corrected chi connectivity index (χ1v) is 15.4. The first kappa shape index (κ1) is 33.2. The molecular formula is C33H52N8O. The van der Waals surface area contributed by atoms with E-state index in [1.807, 2.05) is 53.1 Å². The maximum absolute atomic E-state index is 5.62. The molecule has 2 N–H and O–H groups in total. The van der Waals surface area contributed by atoms with Crippen LogP contribution in [0.5, 0.6) is 0 Å². The van der Waals surface area contributed by atoms with E-state index in [9.17, 15) is 0 Å². The third-order valence-electron chi connectivity index (χ3n) is 7.60. The number of rotatable bonds is 8. The molecule has 1 saturated heterocycles. The molecule has 3 aliphatic rings. The third-order valence-corrected chi connectivity index (χ3v) is 7.60. The van der Waals surface area contributed by atoms with E-state index in [1.54, 1.807) is 7.11 Å². The van der Waals surface area contributed by atoms with Crippen LogP contribution in [-0.4, -0.2) is 85.3 Å². The van der Waals surface area contributed by atoms with Gasteiger partial charge in [0.2, 0.25) is 5.95 Å². The second kappa shape index (κ2) is 15.8. The zero-order valence-electron chi connectivity index (χ0n) is 27.3. The van der Waals surface area contributed by atoms with Crippen LogP contribution in [0.15, 0.2) is 59.6 Å². The van der Waals surface area contributed by atoms with Crippen LogP contribution in [0.4, 0.5) is 17.6 Å². The van der Waals surface area contributed by atoms with Gasteiger partial charge in [-0.05, 0) is 51.2 Å². The maximum atomic E-state index is 5.62. The minimum absolute atomic E-state index is 0.233. The molecule has 1 aliphatic carbocycles. The summed E-state index contributed by atoms with van der Waals surface area (Å²) in [6.45, 7) is 18.7. The summed E-state index contributed by atoms with van der Waals surface area (Å²) in [6.07, 6.45) is 9.56. The van der Waals surface area contributed by atoms with E-state index < -0.39 is 0 Å². The molecule has 0 amide bonds. The second-order valence-electron chi connectivity index (χ2n) is 10.8. The lowest BCUT2D eigenvalue weighted by atomic mass is 9.87. The van der Waals surface area contributed by atoms with Crippen LogP contribution in [0.2, 0.25) is 0 Å². The van der Waals surface area contributed by atoms with Crippen molar-refractivity contribution in [2.24, 2.45) is 0 Å². The lowest BCUT2D eigenvalue weighted by molar-refractivity contribution is 0.145. The first-order valence-electron chi connectivity index (χ1n) is 15.4. The minimum Gasteiger partial charge on any atom is -0.384 e. The Kier molecular flexibility index (Phi) is 12.5. The Labute approximate surface area is 253 Å². The van der Waals surface area contributed by atoms with Crippen LogP contribution in [-0.2, 0) is 16.7 Å². The number of ether oxygens (including phenoxy) is 1. The number of fused-ring (bicyclic) bond motifs is 1. The number of nitrogens with zero attached hydrogens (tertiary/aromatic N) is 6. The Morgan fingerprint density at radius 3 is 2.45 bits per heavy atom. The van der Waals surface area contributed by atoms with Crippen LogP contribution in [0.25, 0.3) is 0 Å². The predicted octanol–water partition coefficient (Wildman–Crippen LogP) is 5.48. The number of anilines is 3. The van der Waals surface area contributed by atoms with Crippen molar-refractivity contribution in [2.45, 2.75) is 59.9 Å². The Morgan fingerprint density at radius 2 is 1.76 bits per heavy atom. The van der Waals surface area contributed by atoms with Crippen molar-refractivity contribution in [3.05, 3.63) is 70.8 Å². The first-order chi connectivity index (χ1) is 20.4. The summed E-state index contributed by atoms with van der Waals surface area (Å²) in [7, 11) is 5.87. The summed E-state index contributed by atoms with van der Waals surface area (Å²) >= 11 is 0. The van der Waals surface area contributed by atoms with Crippen molar-refractivity contribution >= 4 is 17.6 Å². The van der Waals surface area contributed by atoms with Crippen LogP contribution >= 0.6 is 0 Å². The van der Waals surface area contributed by atoms with Crippen LogP contribution in [0, 0.1) is 0 Å². The van der Waals surface area contributed by atoms with E-state index in [0.717, 1.165) is 67.7 Å². The highest BCUT2D eigenvalue weighted by atomic mass is 16.5. The average Bonchev–Trinajstić information content (AvgIpc) is 3.16. The van der Waals surface area contributed by atoms with Crippen molar-refractivity contribution in [1.82, 2.24) is 30.1 Å². The number of hydrogen-bond acceptors (Lipinski definition) is 9. The molecular weight excluding hydrogens is 524 g/mol. The van der Waals surface area contributed by atoms with E-state index >= 15 is 0 Å². The summed E-state index contributed by atoms with van der Waals surface area (Å²) < 4.78 is 5.62. The molecule has 9 heteroatoms. The summed E-state index contributed by atoms with van der Waals surface area (Å²) in [6, 6.07) is 6.13. The standard InChI is InChI=1S/C29H40N8O.2C2H6/c1-21-16-22(8-6-10-25(21)36-14-12-35(4)13-15-36)33-28-31-18-24-27(34-28)37(19-29(24,2)20-38-5)26-11-7-9-23(32-26)17-30-3;2*1-2/h7-11,16,18,30H,6,12-15,17,19-20H2,1-5H3,(H,31,33,34);2*1-2H3/t29-;;/m0../s1. The molecule has 0 spiro atoms. The highest BCUT2D eigenvalue weighted by Gasteiger charge is 2.42. The smallest absolute Gasteiger partial charge is 0.229 e. The number of methoxy groups -OCH3 is 1. The number of nitrogens with one attached hydrogen (secondary N) is 2. The molecule has 0 saturated carbocycles. The fraction of sp³-hybridized carbons (Fsp3) is 0.545. The van der Waals surface area contributed by atoms with Gasteiger partial charge in [0.15, 0.2) is 0 Å². The molecule has 0 radical (unpaired) electrons. The molecule has 1 fully saturated rings. The number of pyridine rings is 1. The van der Waals surface area contributed by atoms with Crippen molar-refractivity contribution < 1.29 is 4.74 Å². The van der Waals surface area contributed by atoms with Crippen molar-refractivity contribution in [3.63, 3.8) is 0 Å². The van der Waals surface area contributed by atoms with E-state index in [2.05, 4.69) is 70.5 Å². The zero-order chi connectivity index (χ0) is 30.7.